The van der Waals surface area contributed by atoms with E-state index in [4.69, 9.17) is 9.47 Å². The van der Waals surface area contributed by atoms with Crippen LogP contribution in [0.4, 0.5) is 11.4 Å². The highest BCUT2D eigenvalue weighted by molar-refractivity contribution is 6.05. The lowest BCUT2D eigenvalue weighted by Crippen LogP contribution is -2.45. The molecule has 5 heteroatoms. The molecule has 2 fully saturated rings. The Labute approximate surface area is 153 Å². The van der Waals surface area contributed by atoms with E-state index in [0.717, 1.165) is 42.9 Å². The zero-order valence-corrected chi connectivity index (χ0v) is 15.0. The molecule has 2 aromatic carbocycles. The Morgan fingerprint density at radius 3 is 2.31 bits per heavy atom. The van der Waals surface area contributed by atoms with Crippen LogP contribution in [0.3, 0.4) is 0 Å². The molecule has 1 spiro atoms. The van der Waals surface area contributed by atoms with E-state index < -0.39 is 0 Å². The summed E-state index contributed by atoms with van der Waals surface area (Å²) in [5.41, 5.74) is 3.64. The molecular weight excluding hydrogens is 328 g/mol. The van der Waals surface area contributed by atoms with Crippen molar-refractivity contribution in [2.45, 2.75) is 25.6 Å². The number of nitrogens with zero attached hydrogens (tertiary/aromatic N) is 1. The van der Waals surface area contributed by atoms with E-state index in [1.165, 1.54) is 0 Å². The van der Waals surface area contributed by atoms with Gasteiger partial charge in [0.1, 0.15) is 0 Å². The van der Waals surface area contributed by atoms with Crippen LogP contribution in [0.2, 0.25) is 0 Å². The highest BCUT2D eigenvalue weighted by Crippen LogP contribution is 2.33. The fourth-order valence-corrected chi connectivity index (χ4v) is 3.67. The van der Waals surface area contributed by atoms with Crippen LogP contribution in [0.15, 0.2) is 48.5 Å². The monoisotopic (exact) mass is 352 g/mol. The van der Waals surface area contributed by atoms with Crippen LogP contribution in [0.1, 0.15) is 28.8 Å². The second-order valence-corrected chi connectivity index (χ2v) is 6.91. The number of piperidine rings is 1. The molecule has 1 N–H and O–H groups in total. The maximum absolute atomic E-state index is 12.4. The van der Waals surface area contributed by atoms with Crippen LogP contribution < -0.4 is 10.2 Å². The Kier molecular flexibility index (Phi) is 4.66. The first-order valence-corrected chi connectivity index (χ1v) is 9.15. The molecule has 1 amide bonds. The molecule has 0 aliphatic carbocycles. The molecule has 4 rings (SSSR count). The van der Waals surface area contributed by atoms with E-state index in [2.05, 4.69) is 22.3 Å². The summed E-state index contributed by atoms with van der Waals surface area (Å²) in [5.74, 6) is -0.427. The third-order valence-corrected chi connectivity index (χ3v) is 5.22. The SMILES string of the molecule is Cc1ccccc1C(=O)Nc1ccc(N2CCC3(CC2)OCCO3)cc1. The predicted molar refractivity (Wildman–Crippen MR) is 102 cm³/mol. The predicted octanol–water partition coefficient (Wildman–Crippen LogP) is 3.59. The molecule has 2 heterocycles. The Morgan fingerprint density at radius 2 is 1.65 bits per heavy atom. The van der Waals surface area contributed by atoms with E-state index >= 15 is 0 Å². The number of rotatable bonds is 3. The minimum atomic E-state index is -0.349. The number of hydrogen-bond acceptors (Lipinski definition) is 4. The third kappa shape index (κ3) is 3.45. The highest BCUT2D eigenvalue weighted by Gasteiger charge is 2.39. The van der Waals surface area contributed by atoms with Crippen LogP contribution in [0.25, 0.3) is 0 Å². The van der Waals surface area contributed by atoms with Crippen LogP contribution in [0.5, 0.6) is 0 Å². The minimum Gasteiger partial charge on any atom is -0.371 e. The topological polar surface area (TPSA) is 50.8 Å². The molecule has 0 atom stereocenters. The molecule has 2 aliphatic heterocycles. The summed E-state index contributed by atoms with van der Waals surface area (Å²) in [4.78, 5) is 14.8. The summed E-state index contributed by atoms with van der Waals surface area (Å²) >= 11 is 0. The number of carbonyl (C=O) groups is 1. The largest absolute Gasteiger partial charge is 0.371 e. The molecule has 136 valence electrons. The zero-order valence-electron chi connectivity index (χ0n) is 15.0. The van der Waals surface area contributed by atoms with Crippen molar-refractivity contribution in [2.75, 3.05) is 36.5 Å². The molecule has 2 aromatic rings. The van der Waals surface area contributed by atoms with Crippen molar-refractivity contribution in [1.82, 2.24) is 0 Å². The Hall–Kier alpha value is -2.37. The lowest BCUT2D eigenvalue weighted by atomic mass is 10.0. The Bertz CT molecular complexity index is 772. The van der Waals surface area contributed by atoms with Gasteiger partial charge in [-0.1, -0.05) is 18.2 Å². The summed E-state index contributed by atoms with van der Waals surface area (Å²) in [7, 11) is 0. The number of ether oxygens (including phenoxy) is 2. The highest BCUT2D eigenvalue weighted by atomic mass is 16.7. The van der Waals surface area contributed by atoms with Gasteiger partial charge in [-0.3, -0.25) is 4.79 Å². The van der Waals surface area contributed by atoms with Crippen LogP contribution >= 0.6 is 0 Å². The van der Waals surface area contributed by atoms with Gasteiger partial charge in [0.2, 0.25) is 0 Å². The molecule has 0 radical (unpaired) electrons. The minimum absolute atomic E-state index is 0.0775. The Morgan fingerprint density at radius 1 is 1.00 bits per heavy atom. The second-order valence-electron chi connectivity index (χ2n) is 6.91. The fraction of sp³-hybridized carbons (Fsp3) is 0.381. The number of anilines is 2. The van der Waals surface area contributed by atoms with Gasteiger partial charge in [0.25, 0.3) is 5.91 Å². The summed E-state index contributed by atoms with van der Waals surface area (Å²) in [6.07, 6.45) is 1.78. The van der Waals surface area contributed by atoms with Gasteiger partial charge in [0.05, 0.1) is 13.2 Å². The molecule has 0 saturated carbocycles. The number of hydrogen-bond donors (Lipinski definition) is 1. The van der Waals surface area contributed by atoms with Gasteiger partial charge in [-0.2, -0.15) is 0 Å². The van der Waals surface area contributed by atoms with Gasteiger partial charge < -0.3 is 19.7 Å². The van der Waals surface area contributed by atoms with Crippen LogP contribution in [-0.2, 0) is 9.47 Å². The zero-order chi connectivity index (χ0) is 18.0. The lowest BCUT2D eigenvalue weighted by molar-refractivity contribution is -0.169. The van der Waals surface area contributed by atoms with Crippen molar-refractivity contribution in [3.63, 3.8) is 0 Å². The van der Waals surface area contributed by atoms with Gasteiger partial charge in [-0.05, 0) is 42.8 Å². The fourth-order valence-electron chi connectivity index (χ4n) is 3.67. The molecule has 0 unspecified atom stereocenters. The first-order chi connectivity index (χ1) is 12.7. The van der Waals surface area contributed by atoms with E-state index in [-0.39, 0.29) is 11.7 Å². The van der Waals surface area contributed by atoms with E-state index in [9.17, 15) is 4.79 Å². The second kappa shape index (κ2) is 7.09. The number of nitrogens with one attached hydrogen (secondary N) is 1. The van der Waals surface area contributed by atoms with Crippen molar-refractivity contribution in [3.8, 4) is 0 Å². The molecule has 26 heavy (non-hydrogen) atoms. The lowest BCUT2D eigenvalue weighted by Gasteiger charge is -2.38. The van der Waals surface area contributed by atoms with Crippen molar-refractivity contribution < 1.29 is 14.3 Å². The molecular formula is C21H24N2O3. The van der Waals surface area contributed by atoms with Gasteiger partial charge in [0, 0.05) is 42.9 Å². The average Bonchev–Trinajstić information content (AvgIpc) is 3.11. The molecule has 2 saturated heterocycles. The van der Waals surface area contributed by atoms with Gasteiger partial charge >= 0.3 is 0 Å². The standard InChI is InChI=1S/C21H24N2O3/c1-16-4-2-3-5-19(16)20(24)22-17-6-8-18(9-7-17)23-12-10-21(11-13-23)25-14-15-26-21/h2-9H,10-15H2,1H3,(H,22,24). The Balaban J connectivity index is 1.38. The first kappa shape index (κ1) is 17.1. The van der Waals surface area contributed by atoms with Gasteiger partial charge in [-0.15, -0.1) is 0 Å². The molecule has 5 nitrogen and oxygen atoms in total. The first-order valence-electron chi connectivity index (χ1n) is 9.15. The van der Waals surface area contributed by atoms with Gasteiger partial charge in [-0.25, -0.2) is 0 Å². The van der Waals surface area contributed by atoms with Crippen molar-refractivity contribution in [3.05, 3.63) is 59.7 Å². The number of amides is 1. The summed E-state index contributed by atoms with van der Waals surface area (Å²) in [6, 6.07) is 15.6. The summed E-state index contributed by atoms with van der Waals surface area (Å²) in [6.45, 7) is 5.17. The maximum Gasteiger partial charge on any atom is 0.255 e. The third-order valence-electron chi connectivity index (χ3n) is 5.22. The van der Waals surface area contributed by atoms with Crippen molar-refractivity contribution >= 4 is 17.3 Å². The average molecular weight is 352 g/mol. The van der Waals surface area contributed by atoms with E-state index in [1.807, 2.05) is 43.3 Å². The summed E-state index contributed by atoms with van der Waals surface area (Å²) < 4.78 is 11.6. The summed E-state index contributed by atoms with van der Waals surface area (Å²) in [5, 5.41) is 2.97. The van der Waals surface area contributed by atoms with Crippen molar-refractivity contribution in [1.29, 1.82) is 0 Å². The normalized spacial score (nSPS) is 18.9. The van der Waals surface area contributed by atoms with Crippen LogP contribution in [-0.4, -0.2) is 38.0 Å². The molecule has 0 bridgehead atoms. The maximum atomic E-state index is 12.4. The quantitative estimate of drug-likeness (QED) is 0.917. The van der Waals surface area contributed by atoms with Gasteiger partial charge in [0.15, 0.2) is 5.79 Å². The number of carbonyl (C=O) groups excluding carboxylic acids is 1. The van der Waals surface area contributed by atoms with Crippen molar-refractivity contribution in [2.24, 2.45) is 0 Å². The van der Waals surface area contributed by atoms with Crippen LogP contribution in [0, 0.1) is 6.92 Å². The smallest absolute Gasteiger partial charge is 0.255 e. The molecule has 0 aromatic heterocycles. The number of aryl methyl sites for hydroxylation is 1. The van der Waals surface area contributed by atoms with E-state index in [0.29, 0.717) is 18.8 Å². The number of benzene rings is 2. The molecule has 2 aliphatic rings. The van der Waals surface area contributed by atoms with E-state index in [1.54, 1.807) is 0 Å².